The second-order valence-electron chi connectivity index (χ2n) is 4.84. The quantitative estimate of drug-likeness (QED) is 0.762. The maximum atomic E-state index is 11.7. The van der Waals surface area contributed by atoms with E-state index in [0.717, 1.165) is 30.6 Å². The van der Waals surface area contributed by atoms with Crippen LogP contribution in [-0.2, 0) is 0 Å². The SMILES string of the molecule is CCCCCNC(=O)Nc1cc(C)c(C)cc1C. The first-order valence-corrected chi connectivity index (χ1v) is 6.67. The van der Waals surface area contributed by atoms with Crippen LogP contribution in [0.1, 0.15) is 42.9 Å². The summed E-state index contributed by atoms with van der Waals surface area (Å²) in [6.07, 6.45) is 3.36. The minimum Gasteiger partial charge on any atom is -0.338 e. The lowest BCUT2D eigenvalue weighted by atomic mass is 10.1. The number of aryl methyl sites for hydroxylation is 3. The Kier molecular flexibility index (Phi) is 5.69. The van der Waals surface area contributed by atoms with E-state index in [0.29, 0.717) is 0 Å². The number of carbonyl (C=O) groups excluding carboxylic acids is 1. The fraction of sp³-hybridized carbons (Fsp3) is 0.533. The normalized spacial score (nSPS) is 10.2. The minimum absolute atomic E-state index is 0.113. The first kappa shape index (κ1) is 14.6. The molecule has 0 heterocycles. The van der Waals surface area contributed by atoms with Crippen molar-refractivity contribution in [2.45, 2.75) is 47.0 Å². The smallest absolute Gasteiger partial charge is 0.319 e. The Hall–Kier alpha value is -1.51. The standard InChI is InChI=1S/C15H24N2O/c1-5-6-7-8-16-15(18)17-14-10-12(3)11(2)9-13(14)4/h9-10H,5-8H2,1-4H3,(H2,16,17,18). The van der Waals surface area contributed by atoms with Crippen molar-refractivity contribution in [1.82, 2.24) is 5.32 Å². The highest BCUT2D eigenvalue weighted by Crippen LogP contribution is 2.19. The number of nitrogens with one attached hydrogen (secondary N) is 2. The zero-order valence-electron chi connectivity index (χ0n) is 11.9. The van der Waals surface area contributed by atoms with E-state index in [1.165, 1.54) is 17.5 Å². The number of carbonyl (C=O) groups is 1. The van der Waals surface area contributed by atoms with Gasteiger partial charge in [-0.3, -0.25) is 0 Å². The van der Waals surface area contributed by atoms with Crippen LogP contribution >= 0.6 is 0 Å². The number of amides is 2. The highest BCUT2D eigenvalue weighted by molar-refractivity contribution is 5.90. The molecule has 0 aliphatic heterocycles. The zero-order valence-corrected chi connectivity index (χ0v) is 11.9. The summed E-state index contributed by atoms with van der Waals surface area (Å²) >= 11 is 0. The zero-order chi connectivity index (χ0) is 13.5. The Labute approximate surface area is 110 Å². The molecule has 3 nitrogen and oxygen atoms in total. The number of benzene rings is 1. The molecule has 100 valence electrons. The molecule has 0 bridgehead atoms. The lowest BCUT2D eigenvalue weighted by Crippen LogP contribution is -2.29. The van der Waals surface area contributed by atoms with Crippen molar-refractivity contribution >= 4 is 11.7 Å². The molecule has 0 fully saturated rings. The summed E-state index contributed by atoms with van der Waals surface area (Å²) < 4.78 is 0. The van der Waals surface area contributed by atoms with E-state index >= 15 is 0 Å². The average Bonchev–Trinajstić information content (AvgIpc) is 2.32. The molecule has 1 aromatic carbocycles. The summed E-state index contributed by atoms with van der Waals surface area (Å²) in [5.41, 5.74) is 4.44. The van der Waals surface area contributed by atoms with Gasteiger partial charge in [0.05, 0.1) is 0 Å². The van der Waals surface area contributed by atoms with Gasteiger partial charge in [0.25, 0.3) is 0 Å². The second kappa shape index (κ2) is 7.04. The van der Waals surface area contributed by atoms with Crippen LogP contribution in [-0.4, -0.2) is 12.6 Å². The monoisotopic (exact) mass is 248 g/mol. The third kappa shape index (κ3) is 4.40. The minimum atomic E-state index is -0.113. The van der Waals surface area contributed by atoms with Crippen LogP contribution in [0, 0.1) is 20.8 Å². The van der Waals surface area contributed by atoms with Crippen molar-refractivity contribution in [2.75, 3.05) is 11.9 Å². The van der Waals surface area contributed by atoms with Gasteiger partial charge in [0.15, 0.2) is 0 Å². The van der Waals surface area contributed by atoms with Crippen molar-refractivity contribution in [3.63, 3.8) is 0 Å². The Morgan fingerprint density at radius 1 is 1.06 bits per heavy atom. The molecule has 18 heavy (non-hydrogen) atoms. The molecule has 2 N–H and O–H groups in total. The van der Waals surface area contributed by atoms with Gasteiger partial charge < -0.3 is 10.6 Å². The van der Waals surface area contributed by atoms with Gasteiger partial charge in [0.2, 0.25) is 0 Å². The third-order valence-electron chi connectivity index (χ3n) is 3.15. The highest BCUT2D eigenvalue weighted by Gasteiger charge is 2.05. The van der Waals surface area contributed by atoms with E-state index in [2.05, 4.69) is 37.5 Å². The summed E-state index contributed by atoms with van der Waals surface area (Å²) in [5.74, 6) is 0. The number of urea groups is 1. The van der Waals surface area contributed by atoms with E-state index in [1.54, 1.807) is 0 Å². The Morgan fingerprint density at radius 3 is 2.39 bits per heavy atom. The van der Waals surface area contributed by atoms with Gasteiger partial charge in [-0.15, -0.1) is 0 Å². The predicted octanol–water partition coefficient (Wildman–Crippen LogP) is 3.92. The second-order valence-corrected chi connectivity index (χ2v) is 4.84. The summed E-state index contributed by atoms with van der Waals surface area (Å²) in [6, 6.07) is 4.01. The highest BCUT2D eigenvalue weighted by atomic mass is 16.2. The Morgan fingerprint density at radius 2 is 1.72 bits per heavy atom. The largest absolute Gasteiger partial charge is 0.338 e. The summed E-state index contributed by atoms with van der Waals surface area (Å²) in [4.78, 5) is 11.7. The number of unbranched alkanes of at least 4 members (excludes halogenated alkanes) is 2. The average molecular weight is 248 g/mol. The van der Waals surface area contributed by atoms with Gasteiger partial charge >= 0.3 is 6.03 Å². The fourth-order valence-electron chi connectivity index (χ4n) is 1.84. The lowest BCUT2D eigenvalue weighted by molar-refractivity contribution is 0.252. The molecule has 0 saturated heterocycles. The van der Waals surface area contributed by atoms with Gasteiger partial charge in [-0.1, -0.05) is 25.8 Å². The summed E-state index contributed by atoms with van der Waals surface area (Å²) in [7, 11) is 0. The van der Waals surface area contributed by atoms with E-state index in [9.17, 15) is 4.79 Å². The van der Waals surface area contributed by atoms with E-state index < -0.39 is 0 Å². The van der Waals surface area contributed by atoms with Crippen LogP contribution in [0.5, 0.6) is 0 Å². The molecule has 0 saturated carbocycles. The molecule has 0 unspecified atom stereocenters. The molecule has 0 aromatic heterocycles. The summed E-state index contributed by atoms with van der Waals surface area (Å²) in [5, 5.41) is 5.78. The topological polar surface area (TPSA) is 41.1 Å². The Bertz CT molecular complexity index is 413. The molecule has 1 rings (SSSR count). The number of rotatable bonds is 5. The molecule has 1 aromatic rings. The van der Waals surface area contributed by atoms with Gasteiger partial charge in [0, 0.05) is 12.2 Å². The first-order valence-electron chi connectivity index (χ1n) is 6.67. The molecule has 3 heteroatoms. The van der Waals surface area contributed by atoms with Crippen molar-refractivity contribution in [3.8, 4) is 0 Å². The maximum Gasteiger partial charge on any atom is 0.319 e. The molecular weight excluding hydrogens is 224 g/mol. The Balaban J connectivity index is 2.51. The van der Waals surface area contributed by atoms with Crippen LogP contribution in [0.4, 0.5) is 10.5 Å². The van der Waals surface area contributed by atoms with Crippen molar-refractivity contribution in [1.29, 1.82) is 0 Å². The van der Waals surface area contributed by atoms with Crippen LogP contribution in [0.2, 0.25) is 0 Å². The molecule has 0 atom stereocenters. The lowest BCUT2D eigenvalue weighted by Gasteiger charge is -2.12. The van der Waals surface area contributed by atoms with Crippen LogP contribution in [0.3, 0.4) is 0 Å². The van der Waals surface area contributed by atoms with Gasteiger partial charge in [-0.2, -0.15) is 0 Å². The molecule has 2 amide bonds. The maximum absolute atomic E-state index is 11.7. The molecule has 0 radical (unpaired) electrons. The van der Waals surface area contributed by atoms with Crippen molar-refractivity contribution < 1.29 is 4.79 Å². The van der Waals surface area contributed by atoms with Crippen molar-refractivity contribution in [3.05, 3.63) is 28.8 Å². The third-order valence-corrected chi connectivity index (χ3v) is 3.15. The van der Waals surface area contributed by atoms with E-state index in [1.807, 2.05) is 13.0 Å². The molecule has 0 aliphatic rings. The van der Waals surface area contributed by atoms with E-state index in [4.69, 9.17) is 0 Å². The van der Waals surface area contributed by atoms with E-state index in [-0.39, 0.29) is 6.03 Å². The number of hydrogen-bond donors (Lipinski definition) is 2. The first-order chi connectivity index (χ1) is 8.54. The van der Waals surface area contributed by atoms with Gasteiger partial charge in [0.1, 0.15) is 0 Å². The molecular formula is C15H24N2O. The number of hydrogen-bond acceptors (Lipinski definition) is 1. The van der Waals surface area contributed by atoms with Gasteiger partial charge in [-0.05, 0) is 49.9 Å². The van der Waals surface area contributed by atoms with Crippen LogP contribution in [0.25, 0.3) is 0 Å². The molecule has 0 aliphatic carbocycles. The van der Waals surface area contributed by atoms with Crippen LogP contribution in [0.15, 0.2) is 12.1 Å². The number of anilines is 1. The predicted molar refractivity (Wildman–Crippen MR) is 77.2 cm³/mol. The van der Waals surface area contributed by atoms with Crippen molar-refractivity contribution in [2.24, 2.45) is 0 Å². The fourth-order valence-corrected chi connectivity index (χ4v) is 1.84. The van der Waals surface area contributed by atoms with Gasteiger partial charge in [-0.25, -0.2) is 4.79 Å². The van der Waals surface area contributed by atoms with Crippen LogP contribution < -0.4 is 10.6 Å². The summed E-state index contributed by atoms with van der Waals surface area (Å²) in [6.45, 7) is 9.04. The molecule has 0 spiro atoms.